The van der Waals surface area contributed by atoms with Crippen LogP contribution in [0.1, 0.15) is 11.5 Å². The number of benzene rings is 2. The van der Waals surface area contributed by atoms with Crippen LogP contribution in [0.5, 0.6) is 0 Å². The van der Waals surface area contributed by atoms with Gasteiger partial charge in [0, 0.05) is 12.5 Å². The van der Waals surface area contributed by atoms with Crippen molar-refractivity contribution < 1.29 is 22.7 Å². The van der Waals surface area contributed by atoms with E-state index in [1.807, 2.05) is 0 Å². The summed E-state index contributed by atoms with van der Waals surface area (Å²) in [7, 11) is -3.89. The van der Waals surface area contributed by atoms with Crippen LogP contribution in [0.25, 0.3) is 0 Å². The lowest BCUT2D eigenvalue weighted by Crippen LogP contribution is -2.31. The molecule has 1 aliphatic carbocycles. The number of carboxylic acid groups (broad SMARTS) is 1. The Hall–Kier alpha value is -2.25. The number of rotatable bonds is 5. The number of hydrogen-bond acceptors (Lipinski definition) is 4. The molecule has 3 atom stereocenters. The predicted octanol–water partition coefficient (Wildman–Crippen LogP) is 1.80. The van der Waals surface area contributed by atoms with Gasteiger partial charge in [-0.05, 0) is 29.8 Å². The maximum atomic E-state index is 13.1. The van der Waals surface area contributed by atoms with E-state index in [0.717, 1.165) is 0 Å². The van der Waals surface area contributed by atoms with Crippen LogP contribution in [0, 0.1) is 11.2 Å². The molecule has 0 spiro atoms. The van der Waals surface area contributed by atoms with E-state index in [9.17, 15) is 22.7 Å². The van der Waals surface area contributed by atoms with Crippen LogP contribution in [-0.4, -0.2) is 31.3 Å². The first-order valence-corrected chi connectivity index (χ1v) is 8.88. The Labute approximate surface area is 138 Å². The molecule has 0 radical (unpaired) electrons. The molecule has 0 unspecified atom stereocenters. The van der Waals surface area contributed by atoms with Crippen LogP contribution in [0.4, 0.5) is 4.39 Å². The number of sulfone groups is 1. The average Bonchev–Trinajstić information content (AvgIpc) is 3.28. The monoisotopic (exact) mass is 349 g/mol. The lowest BCUT2D eigenvalue weighted by Gasteiger charge is -2.10. The van der Waals surface area contributed by atoms with Gasteiger partial charge in [-0.25, -0.2) is 12.8 Å². The topological polar surface area (TPSA) is 97.5 Å². The summed E-state index contributed by atoms with van der Waals surface area (Å²) < 4.78 is 39.0. The maximum absolute atomic E-state index is 13.1. The van der Waals surface area contributed by atoms with E-state index in [4.69, 9.17) is 5.73 Å². The summed E-state index contributed by atoms with van der Waals surface area (Å²) in [4.78, 5) is 11.9. The Morgan fingerprint density at radius 2 is 1.71 bits per heavy atom. The van der Waals surface area contributed by atoms with Gasteiger partial charge in [0.05, 0.1) is 10.1 Å². The van der Waals surface area contributed by atoms with Gasteiger partial charge in [-0.3, -0.25) is 4.79 Å². The third kappa shape index (κ3) is 2.32. The Morgan fingerprint density at radius 1 is 1.12 bits per heavy atom. The van der Waals surface area contributed by atoms with Crippen molar-refractivity contribution in [3.63, 3.8) is 0 Å². The second-order valence-corrected chi connectivity index (χ2v) is 7.93. The van der Waals surface area contributed by atoms with Crippen molar-refractivity contribution in [2.75, 3.05) is 6.54 Å². The molecule has 3 rings (SSSR count). The maximum Gasteiger partial charge on any atom is 0.312 e. The fraction of sp³-hybridized carbons (Fsp3) is 0.235. The van der Waals surface area contributed by atoms with Crippen LogP contribution in [0.15, 0.2) is 59.5 Å². The molecule has 0 aliphatic heterocycles. The highest BCUT2D eigenvalue weighted by Crippen LogP contribution is 2.63. The summed E-state index contributed by atoms with van der Waals surface area (Å²) in [6.45, 7) is -0.318. The van der Waals surface area contributed by atoms with E-state index in [1.165, 1.54) is 36.4 Å². The molecular weight excluding hydrogens is 333 g/mol. The molecule has 0 amide bonds. The highest BCUT2D eigenvalue weighted by Gasteiger charge is 2.75. The van der Waals surface area contributed by atoms with E-state index in [1.54, 1.807) is 18.2 Å². The minimum atomic E-state index is -3.89. The van der Waals surface area contributed by atoms with Gasteiger partial charge in [0.25, 0.3) is 0 Å². The van der Waals surface area contributed by atoms with Crippen molar-refractivity contribution in [1.82, 2.24) is 0 Å². The summed E-state index contributed by atoms with van der Waals surface area (Å²) in [5.41, 5.74) is 4.52. The molecule has 1 saturated carbocycles. The van der Waals surface area contributed by atoms with Gasteiger partial charge in [0.2, 0.25) is 0 Å². The average molecular weight is 349 g/mol. The van der Waals surface area contributed by atoms with Gasteiger partial charge >= 0.3 is 5.97 Å². The van der Waals surface area contributed by atoms with Gasteiger partial charge in [0.1, 0.15) is 11.2 Å². The molecule has 2 aromatic carbocycles. The molecule has 7 heteroatoms. The van der Waals surface area contributed by atoms with E-state index >= 15 is 0 Å². The Kier molecular flexibility index (Phi) is 3.93. The molecule has 2 aromatic rings. The van der Waals surface area contributed by atoms with Crippen molar-refractivity contribution in [2.24, 2.45) is 11.1 Å². The fourth-order valence-corrected chi connectivity index (χ4v) is 5.75. The third-order valence-corrected chi connectivity index (χ3v) is 6.92. The Bertz CT molecular complexity index is 867. The number of carbonyl (C=O) groups is 1. The molecule has 1 fully saturated rings. The molecule has 1 aliphatic rings. The van der Waals surface area contributed by atoms with E-state index in [-0.39, 0.29) is 11.4 Å². The first kappa shape index (κ1) is 16.6. The quantitative estimate of drug-likeness (QED) is 0.858. The number of halogens is 1. The lowest BCUT2D eigenvalue weighted by molar-refractivity contribution is -0.143. The SMILES string of the molecule is NC[C@@]1(C(=O)O)[C@@H](c2ccc(F)cc2)[C@@H]1S(=O)(=O)c1ccccc1. The lowest BCUT2D eigenvalue weighted by atomic mass is 9.99. The minimum Gasteiger partial charge on any atom is -0.481 e. The molecular formula is C17H16FNO4S. The van der Waals surface area contributed by atoms with E-state index < -0.39 is 38.2 Å². The molecule has 0 aromatic heterocycles. The van der Waals surface area contributed by atoms with E-state index in [0.29, 0.717) is 5.56 Å². The zero-order chi connectivity index (χ0) is 17.5. The third-order valence-electron chi connectivity index (χ3n) is 4.63. The molecule has 24 heavy (non-hydrogen) atoms. The molecule has 0 saturated heterocycles. The summed E-state index contributed by atoms with van der Waals surface area (Å²) in [5.74, 6) is -2.55. The zero-order valence-corrected chi connectivity index (χ0v) is 13.4. The zero-order valence-electron chi connectivity index (χ0n) is 12.6. The predicted molar refractivity (Wildman–Crippen MR) is 85.7 cm³/mol. The Morgan fingerprint density at radius 3 is 2.21 bits per heavy atom. The summed E-state index contributed by atoms with van der Waals surface area (Å²) in [6.07, 6.45) is 0. The normalized spacial score (nSPS) is 26.1. The van der Waals surface area contributed by atoms with Crippen LogP contribution in [-0.2, 0) is 14.6 Å². The Balaban J connectivity index is 2.11. The number of aliphatic carboxylic acids is 1. The van der Waals surface area contributed by atoms with Crippen LogP contribution in [0.2, 0.25) is 0 Å². The van der Waals surface area contributed by atoms with Crippen LogP contribution in [0.3, 0.4) is 0 Å². The minimum absolute atomic E-state index is 0.0543. The van der Waals surface area contributed by atoms with Crippen molar-refractivity contribution in [3.05, 3.63) is 66.0 Å². The molecule has 0 heterocycles. The van der Waals surface area contributed by atoms with Crippen LogP contribution < -0.4 is 5.73 Å². The molecule has 0 bridgehead atoms. The van der Waals surface area contributed by atoms with Crippen molar-refractivity contribution in [1.29, 1.82) is 0 Å². The van der Waals surface area contributed by atoms with Crippen molar-refractivity contribution >= 4 is 15.8 Å². The number of carboxylic acids is 1. The van der Waals surface area contributed by atoms with Gasteiger partial charge in [-0.1, -0.05) is 30.3 Å². The van der Waals surface area contributed by atoms with Gasteiger partial charge in [-0.2, -0.15) is 0 Å². The molecule has 3 N–H and O–H groups in total. The largest absolute Gasteiger partial charge is 0.481 e. The molecule has 5 nitrogen and oxygen atoms in total. The van der Waals surface area contributed by atoms with Crippen LogP contribution >= 0.6 is 0 Å². The van der Waals surface area contributed by atoms with Crippen molar-refractivity contribution in [2.45, 2.75) is 16.1 Å². The first-order valence-electron chi connectivity index (χ1n) is 7.33. The molecule has 126 valence electrons. The number of hydrogen-bond donors (Lipinski definition) is 2. The van der Waals surface area contributed by atoms with Gasteiger partial charge < -0.3 is 10.8 Å². The standard InChI is InChI=1S/C17H16FNO4S/c18-12-8-6-11(7-9-12)14-15(17(14,10-19)16(20)21)24(22,23)13-4-2-1-3-5-13/h1-9,14-15H,10,19H2,(H,20,21)/t14-,15-,17+/m0/s1. The number of nitrogens with two attached hydrogens (primary N) is 1. The van der Waals surface area contributed by atoms with Gasteiger partial charge in [-0.15, -0.1) is 0 Å². The smallest absolute Gasteiger partial charge is 0.312 e. The fourth-order valence-electron chi connectivity index (χ4n) is 3.35. The van der Waals surface area contributed by atoms with Gasteiger partial charge in [0.15, 0.2) is 9.84 Å². The van der Waals surface area contributed by atoms with E-state index in [2.05, 4.69) is 0 Å². The summed E-state index contributed by atoms with van der Waals surface area (Å²) in [6, 6.07) is 12.9. The second kappa shape index (κ2) is 5.68. The highest BCUT2D eigenvalue weighted by molar-refractivity contribution is 7.92. The van der Waals surface area contributed by atoms with Crippen molar-refractivity contribution in [3.8, 4) is 0 Å². The second-order valence-electron chi connectivity index (χ2n) is 5.86. The summed E-state index contributed by atoms with van der Waals surface area (Å²) in [5, 5.41) is 8.47. The first-order chi connectivity index (χ1) is 11.4. The highest BCUT2D eigenvalue weighted by atomic mass is 32.2. The summed E-state index contributed by atoms with van der Waals surface area (Å²) >= 11 is 0.